The number of primary amides is 1. The molecule has 0 saturated carbocycles. The fourth-order valence-electron chi connectivity index (χ4n) is 3.50. The number of carbonyl (C=O) groups is 3. The van der Waals surface area contributed by atoms with Crippen molar-refractivity contribution in [2.45, 2.75) is 38.6 Å². The molecule has 0 saturated heterocycles. The van der Waals surface area contributed by atoms with E-state index in [1.165, 1.54) is 0 Å². The predicted molar refractivity (Wildman–Crippen MR) is 145 cm³/mol. The van der Waals surface area contributed by atoms with Crippen LogP contribution in [-0.4, -0.2) is 52.0 Å². The molecule has 1 atom stereocenters. The highest BCUT2D eigenvalue weighted by Gasteiger charge is 2.26. The molecule has 1 unspecified atom stereocenters. The number of amides is 2. The minimum absolute atomic E-state index is 0.0336. The first-order valence-electron chi connectivity index (χ1n) is 11.6. The third-order valence-electron chi connectivity index (χ3n) is 5.23. The topological polar surface area (TPSA) is 148 Å². The summed E-state index contributed by atoms with van der Waals surface area (Å²) >= 11 is 2.09. The third kappa shape index (κ3) is 6.72. The summed E-state index contributed by atoms with van der Waals surface area (Å²) in [7, 11) is 1.59. The van der Waals surface area contributed by atoms with Gasteiger partial charge in [0.25, 0.3) is 5.91 Å². The molecule has 0 aliphatic heterocycles. The number of ether oxygens (including phenoxy) is 3. The molecule has 0 aliphatic rings. The number of methoxy groups -OCH3 is 1. The number of nitrogens with one attached hydrogen (secondary N) is 1. The molecule has 11 nitrogen and oxygen atoms in total. The highest BCUT2D eigenvalue weighted by molar-refractivity contribution is 7.99. The highest BCUT2D eigenvalue weighted by atomic mass is 32.2. The van der Waals surface area contributed by atoms with Crippen LogP contribution in [0.1, 0.15) is 51.4 Å². The van der Waals surface area contributed by atoms with Crippen LogP contribution >= 0.6 is 23.1 Å². The standard InChI is InChI=1S/C25H29N5O6S2/c1-6-12-30-22(15(4)36-17-10-8-16(34-5)9-11-17)28-29-25(30)37-13-18(31)27-23-19(24(33)35-7-2)14(3)20(38-23)21(26)32/h6,8-11,15H,1,7,12-13H2,2-5H3,(H2,26,32)(H,27,31). The number of esters is 1. The zero-order chi connectivity index (χ0) is 27.8. The highest BCUT2D eigenvalue weighted by Crippen LogP contribution is 2.34. The van der Waals surface area contributed by atoms with E-state index in [4.69, 9.17) is 19.9 Å². The average molecular weight is 560 g/mol. The van der Waals surface area contributed by atoms with Gasteiger partial charge in [-0.25, -0.2) is 4.79 Å². The predicted octanol–water partition coefficient (Wildman–Crippen LogP) is 3.99. The van der Waals surface area contributed by atoms with E-state index in [0.717, 1.165) is 28.8 Å². The Morgan fingerprint density at radius 3 is 2.53 bits per heavy atom. The van der Waals surface area contributed by atoms with Crippen molar-refractivity contribution in [3.63, 3.8) is 0 Å². The SMILES string of the molecule is C=CCn1c(SCC(=O)Nc2sc(C(N)=O)c(C)c2C(=O)OCC)nnc1C(C)Oc1ccc(OC)cc1. The Morgan fingerprint density at radius 2 is 1.92 bits per heavy atom. The van der Waals surface area contributed by atoms with Gasteiger partial charge >= 0.3 is 5.97 Å². The number of benzene rings is 1. The lowest BCUT2D eigenvalue weighted by atomic mass is 10.1. The van der Waals surface area contributed by atoms with Crippen molar-refractivity contribution in [3.8, 4) is 11.5 Å². The van der Waals surface area contributed by atoms with E-state index in [2.05, 4.69) is 22.1 Å². The van der Waals surface area contributed by atoms with Gasteiger partial charge < -0.3 is 25.3 Å². The van der Waals surface area contributed by atoms with Gasteiger partial charge in [0.15, 0.2) is 17.1 Å². The molecule has 2 heterocycles. The summed E-state index contributed by atoms with van der Waals surface area (Å²) < 4.78 is 18.1. The Kier molecular flexibility index (Phi) is 9.91. The van der Waals surface area contributed by atoms with Gasteiger partial charge in [0.1, 0.15) is 16.5 Å². The van der Waals surface area contributed by atoms with Gasteiger partial charge in [-0.2, -0.15) is 0 Å². The lowest BCUT2D eigenvalue weighted by Crippen LogP contribution is -2.17. The van der Waals surface area contributed by atoms with Crippen molar-refractivity contribution in [1.82, 2.24) is 14.8 Å². The van der Waals surface area contributed by atoms with Crippen molar-refractivity contribution in [1.29, 1.82) is 0 Å². The van der Waals surface area contributed by atoms with Crippen molar-refractivity contribution in [2.75, 3.05) is 24.8 Å². The maximum atomic E-state index is 12.8. The molecule has 202 valence electrons. The number of hydrogen-bond donors (Lipinski definition) is 2. The van der Waals surface area contributed by atoms with Gasteiger partial charge in [-0.3, -0.25) is 14.2 Å². The van der Waals surface area contributed by atoms with Gasteiger partial charge in [-0.05, 0) is 50.6 Å². The molecule has 3 N–H and O–H groups in total. The molecule has 13 heteroatoms. The van der Waals surface area contributed by atoms with E-state index < -0.39 is 23.9 Å². The maximum absolute atomic E-state index is 12.8. The Bertz CT molecular complexity index is 1320. The molecule has 0 radical (unpaired) electrons. The first-order chi connectivity index (χ1) is 18.2. The smallest absolute Gasteiger partial charge is 0.341 e. The summed E-state index contributed by atoms with van der Waals surface area (Å²) in [6.45, 7) is 9.45. The van der Waals surface area contributed by atoms with E-state index in [1.54, 1.807) is 51.3 Å². The normalized spacial score (nSPS) is 11.5. The molecule has 0 fully saturated rings. The molecule has 38 heavy (non-hydrogen) atoms. The molecule has 0 bridgehead atoms. The molecule has 0 spiro atoms. The van der Waals surface area contributed by atoms with Crippen molar-refractivity contribution < 1.29 is 28.6 Å². The number of thioether (sulfide) groups is 1. The second-order valence-corrected chi connectivity index (χ2v) is 9.82. The molecule has 0 aliphatic carbocycles. The molecule has 1 aromatic carbocycles. The summed E-state index contributed by atoms with van der Waals surface area (Å²) in [6.07, 6.45) is 1.26. The fourth-order valence-corrected chi connectivity index (χ4v) is 5.32. The number of nitrogens with zero attached hydrogens (tertiary/aromatic N) is 3. The lowest BCUT2D eigenvalue weighted by molar-refractivity contribution is -0.113. The molecular formula is C25H29N5O6S2. The maximum Gasteiger partial charge on any atom is 0.341 e. The van der Waals surface area contributed by atoms with Crippen LogP contribution in [0.25, 0.3) is 0 Å². The summed E-state index contributed by atoms with van der Waals surface area (Å²) in [5, 5.41) is 11.9. The molecular weight excluding hydrogens is 530 g/mol. The average Bonchev–Trinajstić information content (AvgIpc) is 3.44. The van der Waals surface area contributed by atoms with Crippen LogP contribution in [0, 0.1) is 6.92 Å². The van der Waals surface area contributed by atoms with Crippen molar-refractivity contribution >= 4 is 45.9 Å². The van der Waals surface area contributed by atoms with Crippen LogP contribution in [0.3, 0.4) is 0 Å². The van der Waals surface area contributed by atoms with Crippen molar-refractivity contribution in [3.05, 3.63) is 58.7 Å². The van der Waals surface area contributed by atoms with Crippen LogP contribution in [-0.2, 0) is 16.1 Å². The number of hydrogen-bond acceptors (Lipinski definition) is 10. The van der Waals surface area contributed by atoms with Crippen LogP contribution in [0.2, 0.25) is 0 Å². The summed E-state index contributed by atoms with van der Waals surface area (Å²) in [5.41, 5.74) is 5.91. The van der Waals surface area contributed by atoms with E-state index in [1.807, 2.05) is 11.5 Å². The van der Waals surface area contributed by atoms with Gasteiger partial charge in [0.05, 0.1) is 29.9 Å². The lowest BCUT2D eigenvalue weighted by Gasteiger charge is -2.16. The van der Waals surface area contributed by atoms with Gasteiger partial charge in [0, 0.05) is 6.54 Å². The van der Waals surface area contributed by atoms with Crippen LogP contribution in [0.5, 0.6) is 11.5 Å². The van der Waals surface area contributed by atoms with Crippen LogP contribution in [0.4, 0.5) is 5.00 Å². The number of rotatable bonds is 13. The summed E-state index contributed by atoms with van der Waals surface area (Å²) in [6, 6.07) is 7.19. The number of thiophene rings is 1. The molecule has 2 aromatic heterocycles. The third-order valence-corrected chi connectivity index (χ3v) is 7.42. The summed E-state index contributed by atoms with van der Waals surface area (Å²) in [5.74, 6) is 0.146. The Morgan fingerprint density at radius 1 is 1.24 bits per heavy atom. The fraction of sp³-hybridized carbons (Fsp3) is 0.320. The first kappa shape index (κ1) is 28.7. The number of carbonyl (C=O) groups excluding carboxylic acids is 3. The van der Waals surface area contributed by atoms with E-state index in [9.17, 15) is 14.4 Å². The zero-order valence-corrected chi connectivity index (χ0v) is 23.1. The van der Waals surface area contributed by atoms with Gasteiger partial charge in [-0.15, -0.1) is 28.1 Å². The molecule has 2 amide bonds. The number of aromatic nitrogens is 3. The number of anilines is 1. The van der Waals surface area contributed by atoms with E-state index in [-0.39, 0.29) is 27.8 Å². The van der Waals surface area contributed by atoms with Crippen LogP contribution < -0.4 is 20.5 Å². The Labute approximate surface area is 228 Å². The van der Waals surface area contributed by atoms with Crippen LogP contribution in [0.15, 0.2) is 42.1 Å². The monoisotopic (exact) mass is 559 g/mol. The van der Waals surface area contributed by atoms with Gasteiger partial charge in [-0.1, -0.05) is 17.8 Å². The minimum atomic E-state index is -0.691. The minimum Gasteiger partial charge on any atom is -0.497 e. The van der Waals surface area contributed by atoms with E-state index >= 15 is 0 Å². The van der Waals surface area contributed by atoms with E-state index in [0.29, 0.717) is 28.8 Å². The molecule has 3 rings (SSSR count). The van der Waals surface area contributed by atoms with Gasteiger partial charge in [0.2, 0.25) is 5.91 Å². The second-order valence-electron chi connectivity index (χ2n) is 7.86. The quantitative estimate of drug-likeness (QED) is 0.180. The number of nitrogens with two attached hydrogens (primary N) is 1. The largest absolute Gasteiger partial charge is 0.497 e. The molecule has 3 aromatic rings. The Balaban J connectivity index is 1.73. The van der Waals surface area contributed by atoms with Crippen molar-refractivity contribution in [2.24, 2.45) is 5.73 Å². The zero-order valence-electron chi connectivity index (χ0n) is 21.5. The summed E-state index contributed by atoms with van der Waals surface area (Å²) in [4.78, 5) is 37.2. The Hall–Kier alpha value is -3.84. The second kappa shape index (κ2) is 13.1. The first-order valence-corrected chi connectivity index (χ1v) is 13.4. The number of allylic oxidation sites excluding steroid dienone is 1.